The highest BCUT2D eigenvalue weighted by atomic mass is 79.9. The second-order valence-electron chi connectivity index (χ2n) is 4.48. The van der Waals surface area contributed by atoms with E-state index in [9.17, 15) is 0 Å². The number of nitrogens with one attached hydrogen (secondary N) is 1. The molecular formula is C13H17Br2N. The number of hydrogen-bond acceptors (Lipinski definition) is 1. The summed E-state index contributed by atoms with van der Waals surface area (Å²) in [5.74, 6) is 0.854. The highest BCUT2D eigenvalue weighted by Gasteiger charge is 2.14. The van der Waals surface area contributed by atoms with Gasteiger partial charge >= 0.3 is 0 Å². The van der Waals surface area contributed by atoms with Crippen LogP contribution >= 0.6 is 31.9 Å². The lowest BCUT2D eigenvalue weighted by molar-refractivity contribution is 0.373. The van der Waals surface area contributed by atoms with Gasteiger partial charge in [-0.25, -0.2) is 0 Å². The van der Waals surface area contributed by atoms with Crippen LogP contribution in [0.25, 0.3) is 0 Å². The summed E-state index contributed by atoms with van der Waals surface area (Å²) in [6.45, 7) is 1.10. The van der Waals surface area contributed by atoms with Gasteiger partial charge in [0, 0.05) is 15.5 Å². The predicted molar refractivity (Wildman–Crippen MR) is 76.9 cm³/mol. The van der Waals surface area contributed by atoms with E-state index in [2.05, 4.69) is 49.3 Å². The standard InChI is InChI=1S/C13H17Br2N/c14-11-7-4-8-12(15)13(11)16-9-10-5-2-1-3-6-10/h4,7-8,10,16H,1-3,5-6,9H2. The fourth-order valence-corrected chi connectivity index (χ4v) is 3.58. The molecule has 0 amide bonds. The largest absolute Gasteiger partial charge is 0.383 e. The first kappa shape index (κ1) is 12.4. The van der Waals surface area contributed by atoms with Crippen LogP contribution in [0.4, 0.5) is 5.69 Å². The molecule has 1 aromatic rings. The van der Waals surface area contributed by atoms with Crippen LogP contribution in [0.15, 0.2) is 27.1 Å². The molecule has 0 atom stereocenters. The molecule has 0 heterocycles. The summed E-state index contributed by atoms with van der Waals surface area (Å²) >= 11 is 7.16. The topological polar surface area (TPSA) is 12.0 Å². The Bertz CT molecular complexity index is 326. The van der Waals surface area contributed by atoms with Crippen LogP contribution in [0, 0.1) is 5.92 Å². The molecule has 1 saturated carbocycles. The van der Waals surface area contributed by atoms with Crippen LogP contribution in [0.2, 0.25) is 0 Å². The zero-order valence-corrected chi connectivity index (χ0v) is 12.5. The van der Waals surface area contributed by atoms with Gasteiger partial charge in [-0.3, -0.25) is 0 Å². The molecule has 88 valence electrons. The third-order valence-corrected chi connectivity index (χ3v) is 4.58. The van der Waals surface area contributed by atoms with Crippen LogP contribution < -0.4 is 5.32 Å². The maximum atomic E-state index is 3.58. The van der Waals surface area contributed by atoms with Crippen molar-refractivity contribution in [2.24, 2.45) is 5.92 Å². The summed E-state index contributed by atoms with van der Waals surface area (Å²) in [5.41, 5.74) is 1.19. The zero-order valence-electron chi connectivity index (χ0n) is 9.31. The van der Waals surface area contributed by atoms with Crippen LogP contribution in [0.3, 0.4) is 0 Å². The molecule has 1 N–H and O–H groups in total. The Balaban J connectivity index is 1.93. The summed E-state index contributed by atoms with van der Waals surface area (Å²) < 4.78 is 2.27. The van der Waals surface area contributed by atoms with E-state index in [0.717, 1.165) is 21.4 Å². The van der Waals surface area contributed by atoms with Gasteiger partial charge in [0.2, 0.25) is 0 Å². The third-order valence-electron chi connectivity index (χ3n) is 3.26. The molecule has 0 bridgehead atoms. The maximum absolute atomic E-state index is 3.58. The van der Waals surface area contributed by atoms with Gasteiger partial charge < -0.3 is 5.32 Å². The Morgan fingerprint density at radius 2 is 1.69 bits per heavy atom. The molecule has 1 aromatic carbocycles. The molecule has 0 unspecified atom stereocenters. The summed E-state index contributed by atoms with van der Waals surface area (Å²) in [6.07, 6.45) is 7.01. The van der Waals surface area contributed by atoms with Crippen molar-refractivity contribution in [2.45, 2.75) is 32.1 Å². The van der Waals surface area contributed by atoms with Gasteiger partial charge in [-0.15, -0.1) is 0 Å². The first-order chi connectivity index (χ1) is 7.77. The molecule has 0 aromatic heterocycles. The molecule has 3 heteroatoms. The summed E-state index contributed by atoms with van der Waals surface area (Å²) in [4.78, 5) is 0. The first-order valence-electron chi connectivity index (χ1n) is 5.95. The Kier molecular flexibility index (Phi) is 4.71. The van der Waals surface area contributed by atoms with Crippen LogP contribution in [0.1, 0.15) is 32.1 Å². The second-order valence-corrected chi connectivity index (χ2v) is 6.19. The van der Waals surface area contributed by atoms with E-state index in [1.807, 2.05) is 6.07 Å². The van der Waals surface area contributed by atoms with Gasteiger partial charge in [-0.1, -0.05) is 25.3 Å². The number of anilines is 1. The molecule has 1 nitrogen and oxygen atoms in total. The quantitative estimate of drug-likeness (QED) is 0.792. The van der Waals surface area contributed by atoms with Crippen LogP contribution in [-0.2, 0) is 0 Å². The van der Waals surface area contributed by atoms with Gasteiger partial charge in [0.15, 0.2) is 0 Å². The van der Waals surface area contributed by atoms with Gasteiger partial charge in [-0.2, -0.15) is 0 Å². The third kappa shape index (κ3) is 3.24. The Hall–Kier alpha value is -0.0200. The zero-order chi connectivity index (χ0) is 11.4. The van der Waals surface area contributed by atoms with Crippen molar-refractivity contribution >= 4 is 37.5 Å². The fourth-order valence-electron chi connectivity index (χ4n) is 2.30. The maximum Gasteiger partial charge on any atom is 0.0629 e. The minimum absolute atomic E-state index is 0.854. The molecular weight excluding hydrogens is 330 g/mol. The van der Waals surface area contributed by atoms with Crippen LogP contribution in [0.5, 0.6) is 0 Å². The van der Waals surface area contributed by atoms with E-state index in [1.54, 1.807) is 0 Å². The second kappa shape index (κ2) is 6.06. The van der Waals surface area contributed by atoms with Gasteiger partial charge in [-0.05, 0) is 62.8 Å². The van der Waals surface area contributed by atoms with Crippen molar-refractivity contribution in [2.75, 3.05) is 11.9 Å². The van der Waals surface area contributed by atoms with Crippen molar-refractivity contribution in [3.05, 3.63) is 27.1 Å². The lowest BCUT2D eigenvalue weighted by Gasteiger charge is -2.23. The molecule has 0 aliphatic heterocycles. The molecule has 1 aliphatic carbocycles. The Labute approximate surface area is 114 Å². The SMILES string of the molecule is Brc1cccc(Br)c1NCC1CCCCC1. The smallest absolute Gasteiger partial charge is 0.0629 e. The highest BCUT2D eigenvalue weighted by molar-refractivity contribution is 9.11. The van der Waals surface area contributed by atoms with E-state index in [-0.39, 0.29) is 0 Å². The minimum Gasteiger partial charge on any atom is -0.383 e. The monoisotopic (exact) mass is 345 g/mol. The predicted octanol–water partition coefficient (Wildman–Crippen LogP) is 5.20. The Morgan fingerprint density at radius 1 is 1.06 bits per heavy atom. The van der Waals surface area contributed by atoms with Crippen molar-refractivity contribution in [1.29, 1.82) is 0 Å². The van der Waals surface area contributed by atoms with E-state index < -0.39 is 0 Å². The van der Waals surface area contributed by atoms with Crippen molar-refractivity contribution in [1.82, 2.24) is 0 Å². The summed E-state index contributed by atoms with van der Waals surface area (Å²) in [6, 6.07) is 6.20. The van der Waals surface area contributed by atoms with E-state index in [1.165, 1.54) is 37.8 Å². The fraction of sp³-hybridized carbons (Fsp3) is 0.538. The summed E-state index contributed by atoms with van der Waals surface area (Å²) in [7, 11) is 0. The molecule has 0 saturated heterocycles. The van der Waals surface area contributed by atoms with Crippen molar-refractivity contribution in [3.63, 3.8) is 0 Å². The molecule has 0 spiro atoms. The van der Waals surface area contributed by atoms with E-state index in [0.29, 0.717) is 0 Å². The lowest BCUT2D eigenvalue weighted by atomic mass is 9.89. The molecule has 1 fully saturated rings. The average Bonchev–Trinajstić information content (AvgIpc) is 2.30. The van der Waals surface area contributed by atoms with Crippen LogP contribution in [-0.4, -0.2) is 6.54 Å². The van der Waals surface area contributed by atoms with E-state index in [4.69, 9.17) is 0 Å². The number of hydrogen-bond donors (Lipinski definition) is 1. The molecule has 16 heavy (non-hydrogen) atoms. The Morgan fingerprint density at radius 3 is 2.31 bits per heavy atom. The average molecular weight is 347 g/mol. The first-order valence-corrected chi connectivity index (χ1v) is 7.54. The van der Waals surface area contributed by atoms with Crippen molar-refractivity contribution < 1.29 is 0 Å². The molecule has 0 radical (unpaired) electrons. The van der Waals surface area contributed by atoms with E-state index >= 15 is 0 Å². The van der Waals surface area contributed by atoms with Crippen molar-refractivity contribution in [3.8, 4) is 0 Å². The number of rotatable bonds is 3. The molecule has 1 aliphatic rings. The lowest BCUT2D eigenvalue weighted by Crippen LogP contribution is -2.17. The summed E-state index contributed by atoms with van der Waals surface area (Å²) in [5, 5.41) is 3.56. The molecule has 2 rings (SSSR count). The van der Waals surface area contributed by atoms with Gasteiger partial charge in [0.25, 0.3) is 0 Å². The normalized spacial score (nSPS) is 17.4. The van der Waals surface area contributed by atoms with Gasteiger partial charge in [0.1, 0.15) is 0 Å². The number of benzene rings is 1. The minimum atomic E-state index is 0.854. The highest BCUT2D eigenvalue weighted by Crippen LogP contribution is 2.31. The number of halogens is 2. The van der Waals surface area contributed by atoms with Gasteiger partial charge in [0.05, 0.1) is 5.69 Å². The number of para-hydroxylation sites is 1.